The zero-order valence-corrected chi connectivity index (χ0v) is 18.8. The van der Waals surface area contributed by atoms with Crippen LogP contribution in [-0.2, 0) is 40.4 Å². The van der Waals surface area contributed by atoms with E-state index in [0.29, 0.717) is 31.1 Å². The molecule has 1 amide bonds. The Labute approximate surface area is 192 Å². The first-order valence-corrected chi connectivity index (χ1v) is 10.8. The highest BCUT2D eigenvalue weighted by molar-refractivity contribution is 6.30. The van der Waals surface area contributed by atoms with Crippen LogP contribution in [0.15, 0.2) is 54.9 Å². The van der Waals surface area contributed by atoms with Gasteiger partial charge in [0.2, 0.25) is 5.91 Å². The van der Waals surface area contributed by atoms with Crippen molar-refractivity contribution in [3.05, 3.63) is 82.4 Å². The van der Waals surface area contributed by atoms with E-state index in [9.17, 15) is 9.59 Å². The fourth-order valence-electron chi connectivity index (χ4n) is 4.01. The summed E-state index contributed by atoms with van der Waals surface area (Å²) in [6, 6.07) is 15.0. The summed E-state index contributed by atoms with van der Waals surface area (Å²) in [7, 11) is 1.41. The fourth-order valence-corrected chi connectivity index (χ4v) is 4.13. The molecule has 7 nitrogen and oxygen atoms in total. The molecule has 3 aromatic rings. The number of carbonyl (C=O) groups excluding carboxylic acids is 2. The molecular formula is C24H25ClN4O3. The van der Waals surface area contributed by atoms with Crippen molar-refractivity contribution in [1.29, 1.82) is 0 Å². The quantitative estimate of drug-likeness (QED) is 0.578. The van der Waals surface area contributed by atoms with Crippen LogP contribution in [0, 0.1) is 0 Å². The van der Waals surface area contributed by atoms with Gasteiger partial charge in [0.25, 0.3) is 0 Å². The van der Waals surface area contributed by atoms with Gasteiger partial charge in [-0.2, -0.15) is 0 Å². The van der Waals surface area contributed by atoms with Crippen LogP contribution in [0.1, 0.15) is 29.4 Å². The van der Waals surface area contributed by atoms with Crippen molar-refractivity contribution in [1.82, 2.24) is 14.5 Å². The number of nitrogens with one attached hydrogen (secondary N) is 1. The van der Waals surface area contributed by atoms with E-state index in [4.69, 9.17) is 16.3 Å². The molecule has 1 unspecified atom stereocenters. The van der Waals surface area contributed by atoms with Gasteiger partial charge in [-0.3, -0.25) is 14.5 Å². The van der Waals surface area contributed by atoms with Crippen molar-refractivity contribution in [2.45, 2.75) is 39.0 Å². The molecule has 1 atom stereocenters. The largest absolute Gasteiger partial charge is 0.468 e. The predicted octanol–water partition coefficient (Wildman–Crippen LogP) is 3.64. The summed E-state index contributed by atoms with van der Waals surface area (Å²) < 4.78 is 7.20. The molecule has 1 N–H and O–H groups in total. The van der Waals surface area contributed by atoms with Crippen LogP contribution in [0.3, 0.4) is 0 Å². The number of amides is 1. The predicted molar refractivity (Wildman–Crippen MR) is 122 cm³/mol. The Morgan fingerprint density at radius 1 is 1.09 bits per heavy atom. The molecule has 1 aromatic heterocycles. The topological polar surface area (TPSA) is 76.5 Å². The lowest BCUT2D eigenvalue weighted by Crippen LogP contribution is -2.46. The van der Waals surface area contributed by atoms with Crippen molar-refractivity contribution in [3.8, 4) is 0 Å². The average molecular weight is 453 g/mol. The zero-order valence-electron chi connectivity index (χ0n) is 18.0. The van der Waals surface area contributed by atoms with Gasteiger partial charge >= 0.3 is 5.97 Å². The van der Waals surface area contributed by atoms with Crippen molar-refractivity contribution in [2.24, 2.45) is 0 Å². The van der Waals surface area contributed by atoms with E-state index in [-0.39, 0.29) is 11.9 Å². The van der Waals surface area contributed by atoms with Gasteiger partial charge < -0.3 is 14.6 Å². The van der Waals surface area contributed by atoms with E-state index < -0.39 is 6.04 Å². The van der Waals surface area contributed by atoms with Gasteiger partial charge in [0, 0.05) is 43.7 Å². The number of carbonyl (C=O) groups is 2. The third kappa shape index (κ3) is 5.00. The van der Waals surface area contributed by atoms with Gasteiger partial charge in [0.1, 0.15) is 6.04 Å². The Morgan fingerprint density at radius 3 is 2.41 bits per heavy atom. The first-order valence-electron chi connectivity index (χ1n) is 10.4. The fraction of sp³-hybridized carbons (Fsp3) is 0.292. The number of fused-ring (bicyclic) bond motifs is 1. The van der Waals surface area contributed by atoms with Crippen molar-refractivity contribution in [3.63, 3.8) is 0 Å². The number of imidazole rings is 1. The maximum absolute atomic E-state index is 12.5. The van der Waals surface area contributed by atoms with Crippen LogP contribution < -0.4 is 5.32 Å². The van der Waals surface area contributed by atoms with Gasteiger partial charge in [0.15, 0.2) is 0 Å². The Morgan fingerprint density at radius 2 is 1.75 bits per heavy atom. The Kier molecular flexibility index (Phi) is 6.58. The number of aromatic nitrogens is 2. The molecule has 0 radical (unpaired) electrons. The SMILES string of the molecule is COC(=O)C1Cc2ncn(Cc3ccc(Cl)cc3)c2CN1Cc1ccc(NC(C)=O)cc1. The minimum absolute atomic E-state index is 0.110. The Bertz CT molecular complexity index is 1110. The van der Waals surface area contributed by atoms with Crippen LogP contribution >= 0.6 is 11.6 Å². The lowest BCUT2D eigenvalue weighted by atomic mass is 10.0. The smallest absolute Gasteiger partial charge is 0.323 e. The van der Waals surface area contributed by atoms with Crippen LogP contribution in [0.2, 0.25) is 5.02 Å². The minimum atomic E-state index is -0.401. The number of halogens is 1. The zero-order chi connectivity index (χ0) is 22.7. The molecule has 0 saturated carbocycles. The molecule has 0 saturated heterocycles. The molecule has 8 heteroatoms. The molecule has 1 aliphatic rings. The second-order valence-electron chi connectivity index (χ2n) is 7.92. The number of nitrogens with zero attached hydrogens (tertiary/aromatic N) is 3. The number of ether oxygens (including phenoxy) is 1. The molecule has 0 spiro atoms. The molecule has 2 heterocycles. The van der Waals surface area contributed by atoms with E-state index in [1.165, 1.54) is 14.0 Å². The molecule has 166 valence electrons. The van der Waals surface area contributed by atoms with Crippen molar-refractivity contribution in [2.75, 3.05) is 12.4 Å². The summed E-state index contributed by atoms with van der Waals surface area (Å²) in [5.41, 5.74) is 4.93. The van der Waals surface area contributed by atoms with E-state index in [2.05, 4.69) is 19.8 Å². The molecular weight excluding hydrogens is 428 g/mol. The highest BCUT2D eigenvalue weighted by Gasteiger charge is 2.34. The number of benzene rings is 2. The number of rotatable bonds is 6. The monoisotopic (exact) mass is 452 g/mol. The number of hydrogen-bond acceptors (Lipinski definition) is 5. The van der Waals surface area contributed by atoms with Gasteiger partial charge in [-0.15, -0.1) is 0 Å². The molecule has 1 aliphatic heterocycles. The molecule has 0 fully saturated rings. The third-order valence-electron chi connectivity index (χ3n) is 5.61. The molecule has 2 aromatic carbocycles. The van der Waals surface area contributed by atoms with Crippen molar-refractivity contribution >= 4 is 29.2 Å². The summed E-state index contributed by atoms with van der Waals surface area (Å²) in [6.45, 7) is 3.32. The highest BCUT2D eigenvalue weighted by atomic mass is 35.5. The second-order valence-corrected chi connectivity index (χ2v) is 8.35. The van der Waals surface area contributed by atoms with Gasteiger partial charge in [-0.05, 0) is 35.4 Å². The lowest BCUT2D eigenvalue weighted by molar-refractivity contribution is -0.148. The van der Waals surface area contributed by atoms with E-state index in [1.807, 2.05) is 54.9 Å². The summed E-state index contributed by atoms with van der Waals surface area (Å²) in [5.74, 6) is -0.376. The second kappa shape index (κ2) is 9.54. The van der Waals surface area contributed by atoms with Gasteiger partial charge in [-0.25, -0.2) is 4.98 Å². The van der Waals surface area contributed by atoms with Crippen LogP contribution in [0.5, 0.6) is 0 Å². The maximum Gasteiger partial charge on any atom is 0.323 e. The van der Waals surface area contributed by atoms with Gasteiger partial charge in [0.05, 0.1) is 24.8 Å². The summed E-state index contributed by atoms with van der Waals surface area (Å²) >= 11 is 6.01. The first-order chi connectivity index (χ1) is 15.4. The summed E-state index contributed by atoms with van der Waals surface area (Å²) in [4.78, 5) is 30.5. The standard InChI is InChI=1S/C24H25ClN4O3/c1-16(30)27-20-9-5-18(6-10-20)12-28-14-23-21(11-22(28)24(31)32-2)26-15-29(23)13-17-3-7-19(25)8-4-17/h3-10,15,22H,11-14H2,1-2H3,(H,27,30). The third-order valence-corrected chi connectivity index (χ3v) is 5.86. The van der Waals surface area contributed by atoms with E-state index >= 15 is 0 Å². The number of anilines is 1. The van der Waals surface area contributed by atoms with Crippen molar-refractivity contribution < 1.29 is 14.3 Å². The van der Waals surface area contributed by atoms with Crippen LogP contribution in [0.4, 0.5) is 5.69 Å². The van der Waals surface area contributed by atoms with Gasteiger partial charge in [-0.1, -0.05) is 35.9 Å². The molecule has 0 bridgehead atoms. The van der Waals surface area contributed by atoms with E-state index in [0.717, 1.165) is 28.2 Å². The maximum atomic E-state index is 12.5. The van der Waals surface area contributed by atoms with Crippen LogP contribution in [-0.4, -0.2) is 39.5 Å². The summed E-state index contributed by atoms with van der Waals surface area (Å²) in [6.07, 6.45) is 2.33. The number of hydrogen-bond donors (Lipinski definition) is 1. The Balaban J connectivity index is 1.56. The number of methoxy groups -OCH3 is 1. The molecule has 32 heavy (non-hydrogen) atoms. The average Bonchev–Trinajstić information content (AvgIpc) is 3.17. The minimum Gasteiger partial charge on any atom is -0.468 e. The number of esters is 1. The summed E-state index contributed by atoms with van der Waals surface area (Å²) in [5, 5.41) is 3.48. The normalized spacial score (nSPS) is 15.8. The molecule has 0 aliphatic carbocycles. The van der Waals surface area contributed by atoms with Crippen LogP contribution in [0.25, 0.3) is 0 Å². The lowest BCUT2D eigenvalue weighted by Gasteiger charge is -2.34. The first kappa shape index (κ1) is 22.0. The van der Waals surface area contributed by atoms with E-state index in [1.54, 1.807) is 0 Å². The Hall–Kier alpha value is -3.16. The highest BCUT2D eigenvalue weighted by Crippen LogP contribution is 2.26. The molecule has 4 rings (SSSR count).